The summed E-state index contributed by atoms with van der Waals surface area (Å²) in [4.78, 5) is 28.2. The van der Waals surface area contributed by atoms with Gasteiger partial charge in [-0.3, -0.25) is 9.59 Å². The van der Waals surface area contributed by atoms with Crippen LogP contribution in [-0.2, 0) is 6.54 Å². The van der Waals surface area contributed by atoms with E-state index in [-0.39, 0.29) is 11.5 Å². The number of benzene rings is 1. The Bertz CT molecular complexity index is 732. The minimum absolute atomic E-state index is 0.0936. The van der Waals surface area contributed by atoms with Crippen molar-refractivity contribution >= 4 is 16.9 Å². The average molecular weight is 271 g/mol. The molecule has 20 heavy (non-hydrogen) atoms. The molecule has 5 nitrogen and oxygen atoms in total. The Morgan fingerprint density at radius 2 is 2.25 bits per heavy atom. The van der Waals surface area contributed by atoms with Crippen LogP contribution >= 0.6 is 0 Å². The van der Waals surface area contributed by atoms with E-state index in [0.29, 0.717) is 29.9 Å². The number of nitrogens with zero attached hydrogens (tertiary/aromatic N) is 2. The number of nitrogens with one attached hydrogen (secondary N) is 1. The molecule has 0 aliphatic carbocycles. The van der Waals surface area contributed by atoms with Gasteiger partial charge in [-0.05, 0) is 32.0 Å². The summed E-state index contributed by atoms with van der Waals surface area (Å²) in [6, 6.07) is 5.16. The Labute approximate surface area is 117 Å². The number of hydrogen-bond donors (Lipinski definition) is 1. The van der Waals surface area contributed by atoms with Gasteiger partial charge < -0.3 is 9.88 Å². The van der Waals surface area contributed by atoms with Gasteiger partial charge in [0, 0.05) is 18.7 Å². The Kier molecular flexibility index (Phi) is 3.98. The second-order valence-corrected chi connectivity index (χ2v) is 4.45. The molecule has 0 radical (unpaired) electrons. The maximum atomic E-state index is 12.0. The molecule has 1 amide bonds. The lowest BCUT2D eigenvalue weighted by molar-refractivity contribution is 0.0958. The molecule has 1 heterocycles. The molecule has 104 valence electrons. The fraction of sp³-hybridized carbons (Fsp3) is 0.267. The number of aromatic nitrogens is 2. The fourth-order valence-corrected chi connectivity index (χ4v) is 2.10. The van der Waals surface area contributed by atoms with Crippen LogP contribution in [0, 0.1) is 6.92 Å². The minimum Gasteiger partial charge on any atom is -0.349 e. The Hall–Kier alpha value is -2.43. The first-order chi connectivity index (χ1) is 9.58. The van der Waals surface area contributed by atoms with Gasteiger partial charge in [0.05, 0.1) is 11.0 Å². The van der Waals surface area contributed by atoms with Crippen LogP contribution < -0.4 is 10.9 Å². The number of fused-ring (bicyclic) bond motifs is 1. The Morgan fingerprint density at radius 3 is 2.90 bits per heavy atom. The van der Waals surface area contributed by atoms with Crippen LogP contribution in [-0.4, -0.2) is 22.0 Å². The van der Waals surface area contributed by atoms with E-state index in [0.717, 1.165) is 5.52 Å². The van der Waals surface area contributed by atoms with Crippen LogP contribution in [0.5, 0.6) is 0 Å². The quantitative estimate of drug-likeness (QED) is 0.860. The van der Waals surface area contributed by atoms with Crippen LogP contribution in [0.1, 0.15) is 23.0 Å². The van der Waals surface area contributed by atoms with Crippen LogP contribution in [0.3, 0.4) is 0 Å². The van der Waals surface area contributed by atoms with Crippen LogP contribution in [0.25, 0.3) is 11.0 Å². The van der Waals surface area contributed by atoms with Crippen molar-refractivity contribution in [2.75, 3.05) is 6.54 Å². The van der Waals surface area contributed by atoms with Crippen molar-refractivity contribution in [2.45, 2.75) is 20.4 Å². The minimum atomic E-state index is -0.180. The number of rotatable bonds is 4. The van der Waals surface area contributed by atoms with E-state index in [1.807, 2.05) is 6.92 Å². The van der Waals surface area contributed by atoms with Gasteiger partial charge in [0.2, 0.25) is 0 Å². The standard InChI is InChI=1S/C15H17N3O2/c1-4-8-16-14(19)11-6-7-13-12(9-11)17-10(3)15(20)18(13)5-2/h4,6-7,9H,1,5,8H2,2-3H3,(H,16,19). The van der Waals surface area contributed by atoms with E-state index in [2.05, 4.69) is 16.9 Å². The SMILES string of the molecule is C=CCNC(=O)c1ccc2c(c1)nc(C)c(=O)n2CC. The van der Waals surface area contributed by atoms with E-state index < -0.39 is 0 Å². The molecule has 0 fully saturated rings. The van der Waals surface area contributed by atoms with Crippen LogP contribution in [0.4, 0.5) is 0 Å². The molecule has 0 saturated heterocycles. The maximum absolute atomic E-state index is 12.0. The van der Waals surface area contributed by atoms with Crippen molar-refractivity contribution in [3.05, 3.63) is 52.5 Å². The summed E-state index contributed by atoms with van der Waals surface area (Å²) >= 11 is 0. The summed E-state index contributed by atoms with van der Waals surface area (Å²) in [7, 11) is 0. The molecular formula is C15H17N3O2. The van der Waals surface area contributed by atoms with Gasteiger partial charge in [0.15, 0.2) is 0 Å². The summed E-state index contributed by atoms with van der Waals surface area (Å²) in [5.41, 5.74) is 2.25. The van der Waals surface area contributed by atoms with Gasteiger partial charge in [-0.15, -0.1) is 6.58 Å². The molecular weight excluding hydrogens is 254 g/mol. The zero-order valence-electron chi connectivity index (χ0n) is 11.6. The molecule has 1 aromatic heterocycles. The Morgan fingerprint density at radius 1 is 1.50 bits per heavy atom. The van der Waals surface area contributed by atoms with Crippen LogP contribution in [0.2, 0.25) is 0 Å². The summed E-state index contributed by atoms with van der Waals surface area (Å²) in [6.45, 7) is 8.13. The van der Waals surface area contributed by atoms with Gasteiger partial charge in [-0.1, -0.05) is 6.08 Å². The lowest BCUT2D eigenvalue weighted by Gasteiger charge is -2.10. The number of aryl methyl sites for hydroxylation is 2. The van der Waals surface area contributed by atoms with Crippen molar-refractivity contribution in [3.8, 4) is 0 Å². The smallest absolute Gasteiger partial charge is 0.272 e. The van der Waals surface area contributed by atoms with E-state index >= 15 is 0 Å². The normalized spacial score (nSPS) is 10.5. The highest BCUT2D eigenvalue weighted by atomic mass is 16.1. The molecule has 0 unspecified atom stereocenters. The first kappa shape index (κ1) is 14.0. The van der Waals surface area contributed by atoms with Crippen molar-refractivity contribution in [1.82, 2.24) is 14.9 Å². The highest BCUT2D eigenvalue weighted by Gasteiger charge is 2.10. The third kappa shape index (κ3) is 2.47. The zero-order valence-corrected chi connectivity index (χ0v) is 11.6. The van der Waals surface area contributed by atoms with Gasteiger partial charge >= 0.3 is 0 Å². The third-order valence-corrected chi connectivity index (χ3v) is 3.09. The van der Waals surface area contributed by atoms with Gasteiger partial charge in [0.25, 0.3) is 11.5 Å². The molecule has 0 saturated carbocycles. The molecule has 0 aliphatic heterocycles. The molecule has 1 N–H and O–H groups in total. The lowest BCUT2D eigenvalue weighted by atomic mass is 10.1. The predicted molar refractivity (Wildman–Crippen MR) is 78.9 cm³/mol. The first-order valence-corrected chi connectivity index (χ1v) is 6.48. The fourth-order valence-electron chi connectivity index (χ4n) is 2.10. The van der Waals surface area contributed by atoms with Crippen molar-refractivity contribution in [2.24, 2.45) is 0 Å². The molecule has 0 atom stereocenters. The molecule has 0 aliphatic rings. The number of amides is 1. The van der Waals surface area contributed by atoms with Gasteiger partial charge in [0.1, 0.15) is 5.69 Å². The number of hydrogen-bond acceptors (Lipinski definition) is 3. The third-order valence-electron chi connectivity index (χ3n) is 3.09. The van der Waals surface area contributed by atoms with E-state index in [1.165, 1.54) is 0 Å². The van der Waals surface area contributed by atoms with Crippen molar-refractivity contribution in [1.29, 1.82) is 0 Å². The summed E-state index contributed by atoms with van der Waals surface area (Å²) in [6.07, 6.45) is 1.62. The van der Waals surface area contributed by atoms with Gasteiger partial charge in [-0.2, -0.15) is 0 Å². The van der Waals surface area contributed by atoms with E-state index in [1.54, 1.807) is 35.8 Å². The molecule has 5 heteroatoms. The van der Waals surface area contributed by atoms with Crippen LogP contribution in [0.15, 0.2) is 35.6 Å². The first-order valence-electron chi connectivity index (χ1n) is 6.48. The topological polar surface area (TPSA) is 64.0 Å². The second kappa shape index (κ2) is 5.69. The predicted octanol–water partition coefficient (Wildman–Crippen LogP) is 1.64. The summed E-state index contributed by atoms with van der Waals surface area (Å²) in [5.74, 6) is -0.180. The zero-order chi connectivity index (χ0) is 14.7. The molecule has 2 aromatic rings. The second-order valence-electron chi connectivity index (χ2n) is 4.45. The number of carbonyl (C=O) groups excluding carboxylic acids is 1. The molecule has 2 rings (SSSR count). The highest BCUT2D eigenvalue weighted by Crippen LogP contribution is 2.13. The highest BCUT2D eigenvalue weighted by molar-refractivity contribution is 5.97. The summed E-state index contributed by atoms with van der Waals surface area (Å²) < 4.78 is 1.66. The van der Waals surface area contributed by atoms with E-state index in [9.17, 15) is 9.59 Å². The molecule has 0 bridgehead atoms. The molecule has 1 aromatic carbocycles. The average Bonchev–Trinajstić information content (AvgIpc) is 2.45. The molecule has 0 spiro atoms. The van der Waals surface area contributed by atoms with Gasteiger partial charge in [-0.25, -0.2) is 4.98 Å². The van der Waals surface area contributed by atoms with E-state index in [4.69, 9.17) is 0 Å². The van der Waals surface area contributed by atoms with Crippen molar-refractivity contribution in [3.63, 3.8) is 0 Å². The summed E-state index contributed by atoms with van der Waals surface area (Å²) in [5, 5.41) is 2.71. The lowest BCUT2D eigenvalue weighted by Crippen LogP contribution is -2.25. The number of carbonyl (C=O) groups is 1. The maximum Gasteiger partial charge on any atom is 0.272 e. The largest absolute Gasteiger partial charge is 0.349 e. The van der Waals surface area contributed by atoms with Crippen molar-refractivity contribution < 1.29 is 4.79 Å². The monoisotopic (exact) mass is 271 g/mol. The Balaban J connectivity index is 2.55.